The summed E-state index contributed by atoms with van der Waals surface area (Å²) in [6.07, 6.45) is 0.974. The van der Waals surface area contributed by atoms with Crippen LogP contribution in [0, 0.1) is 0 Å². The number of benzene rings is 2. The van der Waals surface area contributed by atoms with Gasteiger partial charge in [-0.2, -0.15) is 0 Å². The summed E-state index contributed by atoms with van der Waals surface area (Å²) in [6, 6.07) is 18.0. The Morgan fingerprint density at radius 1 is 0.970 bits per heavy atom. The van der Waals surface area contributed by atoms with E-state index in [1.165, 1.54) is 16.0 Å². The van der Waals surface area contributed by atoms with Crippen LogP contribution in [0.4, 0.5) is 0 Å². The Morgan fingerprint density at radius 3 is 2.64 bits per heavy atom. The van der Waals surface area contributed by atoms with Gasteiger partial charge in [-0.1, -0.05) is 36.4 Å². The summed E-state index contributed by atoms with van der Waals surface area (Å²) in [6.45, 7) is 2.54. The number of fused-ring (bicyclic) bond motifs is 2. The maximum atomic E-state index is 12.5. The Hall–Kier alpha value is -3.36. The normalized spacial score (nSPS) is 15.5. The van der Waals surface area contributed by atoms with Crippen LogP contribution in [0.2, 0.25) is 0 Å². The summed E-state index contributed by atoms with van der Waals surface area (Å²) in [4.78, 5) is 28.5. The summed E-state index contributed by atoms with van der Waals surface area (Å²) >= 11 is 1.67. The highest BCUT2D eigenvalue weighted by atomic mass is 32.1. The lowest BCUT2D eigenvalue weighted by molar-refractivity contribution is -0.139. The van der Waals surface area contributed by atoms with Crippen LogP contribution in [-0.4, -0.2) is 36.6 Å². The molecule has 0 spiro atoms. The zero-order valence-electron chi connectivity index (χ0n) is 18.1. The molecule has 170 valence electrons. The van der Waals surface area contributed by atoms with Gasteiger partial charge in [-0.15, -0.1) is 11.3 Å². The van der Waals surface area contributed by atoms with E-state index in [1.54, 1.807) is 17.4 Å². The average molecular weight is 464 g/mol. The zero-order chi connectivity index (χ0) is 22.6. The lowest BCUT2D eigenvalue weighted by Gasteiger charge is -2.35. The molecule has 0 bridgehead atoms. The molecular weight excluding hydrogens is 438 g/mol. The van der Waals surface area contributed by atoms with Crippen LogP contribution in [0.25, 0.3) is 0 Å². The molecule has 33 heavy (non-hydrogen) atoms. The van der Waals surface area contributed by atoms with Crippen molar-refractivity contribution in [3.8, 4) is 11.5 Å². The Morgan fingerprint density at radius 2 is 1.79 bits per heavy atom. The molecule has 0 fully saturated rings. The maximum Gasteiger partial charge on any atom is 0.309 e. The smallest absolute Gasteiger partial charge is 0.309 e. The molecule has 0 saturated carbocycles. The third-order valence-electron chi connectivity index (χ3n) is 6.02. The van der Waals surface area contributed by atoms with E-state index in [2.05, 4.69) is 45.9 Å². The number of thiophene rings is 1. The topological polar surface area (TPSA) is 79.9 Å². The molecule has 1 aromatic heterocycles. The van der Waals surface area contributed by atoms with Crippen molar-refractivity contribution in [1.29, 1.82) is 0 Å². The molecule has 8 heteroatoms. The highest BCUT2D eigenvalue weighted by Gasteiger charge is 2.27. The number of nitrogens with zero attached hydrogens (tertiary/aromatic N) is 1. The molecule has 2 amide bonds. The number of rotatable bonds is 6. The van der Waals surface area contributed by atoms with Crippen molar-refractivity contribution in [2.75, 3.05) is 19.9 Å². The number of amides is 2. The van der Waals surface area contributed by atoms with Crippen LogP contribution < -0.4 is 20.1 Å². The van der Waals surface area contributed by atoms with Gasteiger partial charge in [0.05, 0.1) is 6.04 Å². The van der Waals surface area contributed by atoms with Gasteiger partial charge in [0, 0.05) is 31.1 Å². The summed E-state index contributed by atoms with van der Waals surface area (Å²) in [5.41, 5.74) is 3.53. The van der Waals surface area contributed by atoms with Crippen LogP contribution in [0.5, 0.6) is 11.5 Å². The Labute approximate surface area is 196 Å². The van der Waals surface area contributed by atoms with Crippen molar-refractivity contribution < 1.29 is 19.1 Å². The molecule has 0 saturated heterocycles. The number of carbonyl (C=O) groups excluding carboxylic acids is 2. The lowest BCUT2D eigenvalue weighted by Crippen LogP contribution is -2.44. The van der Waals surface area contributed by atoms with E-state index < -0.39 is 11.8 Å². The first-order chi connectivity index (χ1) is 16.2. The van der Waals surface area contributed by atoms with Crippen LogP contribution >= 0.6 is 11.3 Å². The largest absolute Gasteiger partial charge is 0.454 e. The van der Waals surface area contributed by atoms with E-state index >= 15 is 0 Å². The lowest BCUT2D eigenvalue weighted by atomic mass is 9.98. The Bertz CT molecular complexity index is 1150. The monoisotopic (exact) mass is 463 g/mol. The molecule has 2 aliphatic rings. The molecule has 2 N–H and O–H groups in total. The number of hydrogen-bond acceptors (Lipinski definition) is 6. The summed E-state index contributed by atoms with van der Waals surface area (Å²) in [5.74, 6) is 0.0483. The molecule has 0 radical (unpaired) electrons. The fourth-order valence-corrected chi connectivity index (χ4v) is 5.12. The standard InChI is InChI=1S/C25H25N3O4S/c29-24(26-13-17-7-8-21-22(12-17)32-16-31-21)25(30)27-14-20(23-6-3-11-33-23)28-10-9-18-4-1-2-5-19(18)15-28/h1-8,11-12,20H,9-10,13-16H2,(H,26,29)(H,27,30)/t20-/m0/s1. The summed E-state index contributed by atoms with van der Waals surface area (Å²) in [7, 11) is 0. The van der Waals surface area contributed by atoms with Gasteiger partial charge < -0.3 is 20.1 Å². The number of hydrogen-bond donors (Lipinski definition) is 2. The summed E-state index contributed by atoms with van der Waals surface area (Å²) < 4.78 is 10.7. The second kappa shape index (κ2) is 9.64. The Kier molecular flexibility index (Phi) is 6.28. The van der Waals surface area contributed by atoms with Gasteiger partial charge in [-0.25, -0.2) is 0 Å². The average Bonchev–Trinajstić information content (AvgIpc) is 3.54. The van der Waals surface area contributed by atoms with E-state index in [4.69, 9.17) is 9.47 Å². The minimum absolute atomic E-state index is 0.0176. The maximum absolute atomic E-state index is 12.5. The van der Waals surface area contributed by atoms with Gasteiger partial charge in [0.2, 0.25) is 6.79 Å². The second-order valence-corrected chi connectivity index (χ2v) is 9.08. The molecule has 2 aromatic carbocycles. The third kappa shape index (κ3) is 4.86. The van der Waals surface area contributed by atoms with Gasteiger partial charge >= 0.3 is 11.8 Å². The molecule has 0 aliphatic carbocycles. The van der Waals surface area contributed by atoms with Gasteiger partial charge in [0.25, 0.3) is 0 Å². The molecule has 0 unspecified atom stereocenters. The quantitative estimate of drug-likeness (QED) is 0.550. The SMILES string of the molecule is O=C(NCc1ccc2c(c1)OCO2)C(=O)NC[C@@H](c1cccs1)N1CCc2ccccc2C1. The van der Waals surface area contributed by atoms with E-state index in [-0.39, 0.29) is 19.4 Å². The molecular formula is C25H25N3O4S. The molecule has 3 heterocycles. The predicted octanol–water partition coefficient (Wildman–Crippen LogP) is 3.01. The fourth-order valence-electron chi connectivity index (χ4n) is 4.26. The number of carbonyl (C=O) groups is 2. The van der Waals surface area contributed by atoms with E-state index in [1.807, 2.05) is 23.6 Å². The van der Waals surface area contributed by atoms with Crippen molar-refractivity contribution >= 4 is 23.2 Å². The van der Waals surface area contributed by atoms with Gasteiger partial charge in [-0.3, -0.25) is 14.5 Å². The van der Waals surface area contributed by atoms with Crippen molar-refractivity contribution in [1.82, 2.24) is 15.5 Å². The first-order valence-corrected chi connectivity index (χ1v) is 11.8. The minimum atomic E-state index is -0.651. The zero-order valence-corrected chi connectivity index (χ0v) is 18.9. The van der Waals surface area contributed by atoms with Gasteiger partial charge in [-0.05, 0) is 46.7 Å². The van der Waals surface area contributed by atoms with E-state index in [0.29, 0.717) is 18.0 Å². The molecule has 7 nitrogen and oxygen atoms in total. The van der Waals surface area contributed by atoms with E-state index in [9.17, 15) is 9.59 Å². The minimum Gasteiger partial charge on any atom is -0.454 e. The van der Waals surface area contributed by atoms with Gasteiger partial charge in [0.15, 0.2) is 11.5 Å². The number of nitrogens with one attached hydrogen (secondary N) is 2. The molecule has 2 aliphatic heterocycles. The fraction of sp³-hybridized carbons (Fsp3) is 0.280. The highest BCUT2D eigenvalue weighted by Crippen LogP contribution is 2.32. The van der Waals surface area contributed by atoms with Crippen molar-refractivity contribution in [3.05, 3.63) is 81.5 Å². The number of ether oxygens (including phenoxy) is 2. The predicted molar refractivity (Wildman–Crippen MR) is 125 cm³/mol. The molecule has 5 rings (SSSR count). The highest BCUT2D eigenvalue weighted by molar-refractivity contribution is 7.10. The van der Waals surface area contributed by atoms with Crippen LogP contribution in [0.15, 0.2) is 60.0 Å². The van der Waals surface area contributed by atoms with Crippen LogP contribution in [-0.2, 0) is 29.1 Å². The van der Waals surface area contributed by atoms with Crippen molar-refractivity contribution in [2.24, 2.45) is 0 Å². The third-order valence-corrected chi connectivity index (χ3v) is 7.00. The second-order valence-electron chi connectivity index (χ2n) is 8.10. The van der Waals surface area contributed by atoms with Crippen LogP contribution in [0.3, 0.4) is 0 Å². The molecule has 1 atom stereocenters. The van der Waals surface area contributed by atoms with Crippen LogP contribution in [0.1, 0.15) is 27.6 Å². The van der Waals surface area contributed by atoms with Gasteiger partial charge in [0.1, 0.15) is 0 Å². The van der Waals surface area contributed by atoms with Crippen molar-refractivity contribution in [2.45, 2.75) is 25.6 Å². The first-order valence-electron chi connectivity index (χ1n) is 11.0. The Balaban J connectivity index is 1.18. The van der Waals surface area contributed by atoms with E-state index in [0.717, 1.165) is 25.1 Å². The van der Waals surface area contributed by atoms with Crippen molar-refractivity contribution in [3.63, 3.8) is 0 Å². The molecule has 3 aromatic rings. The first kappa shape index (κ1) is 21.5. The summed E-state index contributed by atoms with van der Waals surface area (Å²) in [5, 5.41) is 7.56.